The van der Waals surface area contributed by atoms with Crippen molar-refractivity contribution >= 4 is 0 Å². The Morgan fingerprint density at radius 1 is 1.06 bits per heavy atom. The quantitative estimate of drug-likeness (QED) is 0.480. The molecule has 0 spiro atoms. The van der Waals surface area contributed by atoms with Crippen LogP contribution >= 0.6 is 0 Å². The van der Waals surface area contributed by atoms with Crippen LogP contribution in [0.5, 0.6) is 11.5 Å². The molecule has 8 nitrogen and oxygen atoms in total. The average Bonchev–Trinajstić information content (AvgIpc) is 3.46. The van der Waals surface area contributed by atoms with Gasteiger partial charge in [0, 0.05) is 5.56 Å². The van der Waals surface area contributed by atoms with E-state index in [9.17, 15) is 4.39 Å². The maximum Gasteiger partial charge on any atom is 0.278 e. The molecule has 0 aliphatic carbocycles. The summed E-state index contributed by atoms with van der Waals surface area (Å²) in [6.07, 6.45) is -0.119. The van der Waals surface area contributed by atoms with Crippen molar-refractivity contribution in [1.82, 2.24) is 19.9 Å². The number of methoxy groups -OCH3 is 2. The molecule has 2 aromatic carbocycles. The number of benzene rings is 2. The molecule has 0 N–H and O–H groups in total. The van der Waals surface area contributed by atoms with Crippen molar-refractivity contribution in [3.8, 4) is 34.5 Å². The summed E-state index contributed by atoms with van der Waals surface area (Å²) in [6.45, 7) is 0.973. The first-order valence-corrected chi connectivity index (χ1v) is 9.65. The van der Waals surface area contributed by atoms with Gasteiger partial charge in [0.25, 0.3) is 5.89 Å². The molecule has 9 heteroatoms. The van der Waals surface area contributed by atoms with Gasteiger partial charge in [0.15, 0.2) is 17.3 Å². The van der Waals surface area contributed by atoms with Gasteiger partial charge < -0.3 is 18.7 Å². The zero-order chi connectivity index (χ0) is 21.4. The van der Waals surface area contributed by atoms with Crippen LogP contribution in [0.1, 0.15) is 17.4 Å². The molecule has 0 saturated heterocycles. The maximum absolute atomic E-state index is 14.0. The Kier molecular flexibility index (Phi) is 4.87. The fourth-order valence-corrected chi connectivity index (χ4v) is 3.50. The van der Waals surface area contributed by atoms with Crippen LogP contribution in [0, 0.1) is 5.82 Å². The highest BCUT2D eigenvalue weighted by atomic mass is 19.1. The van der Waals surface area contributed by atoms with E-state index in [1.807, 2.05) is 35.0 Å². The molecule has 0 bridgehead atoms. The van der Waals surface area contributed by atoms with E-state index in [2.05, 4.69) is 15.2 Å². The van der Waals surface area contributed by atoms with Crippen molar-refractivity contribution in [3.05, 3.63) is 65.6 Å². The molecule has 0 fully saturated rings. The van der Waals surface area contributed by atoms with Crippen LogP contribution in [0.15, 0.2) is 53.1 Å². The Morgan fingerprint density at radius 2 is 1.90 bits per heavy atom. The molecule has 3 heterocycles. The third-order valence-electron chi connectivity index (χ3n) is 5.18. The average molecular weight is 422 g/mol. The van der Waals surface area contributed by atoms with Crippen LogP contribution in [0.2, 0.25) is 0 Å². The number of nitrogens with zero attached hydrogens (tertiary/aromatic N) is 4. The van der Waals surface area contributed by atoms with Crippen LogP contribution < -0.4 is 9.47 Å². The molecule has 5 rings (SSSR count). The normalized spacial score (nSPS) is 15.5. The smallest absolute Gasteiger partial charge is 0.278 e. The summed E-state index contributed by atoms with van der Waals surface area (Å²) in [4.78, 5) is 4.37. The first-order valence-electron chi connectivity index (χ1n) is 9.65. The minimum Gasteiger partial charge on any atom is -0.497 e. The SMILES string of the molecule is COc1ccc([C@H]2Cn3nc(-c4nc(-c5ccc(OC)c(F)c5)no4)cc3CO2)cc1. The maximum atomic E-state index is 14.0. The summed E-state index contributed by atoms with van der Waals surface area (Å²) in [7, 11) is 3.05. The third kappa shape index (κ3) is 3.64. The molecular formula is C22H19FN4O4. The molecule has 1 aliphatic rings. The zero-order valence-corrected chi connectivity index (χ0v) is 16.9. The Balaban J connectivity index is 1.37. The Hall–Kier alpha value is -3.72. The van der Waals surface area contributed by atoms with E-state index in [0.29, 0.717) is 24.4 Å². The first-order chi connectivity index (χ1) is 15.1. The molecule has 0 saturated carbocycles. The first kappa shape index (κ1) is 19.3. The lowest BCUT2D eigenvalue weighted by Gasteiger charge is -2.24. The van der Waals surface area contributed by atoms with E-state index < -0.39 is 5.82 Å². The lowest BCUT2D eigenvalue weighted by molar-refractivity contribution is -0.00115. The largest absolute Gasteiger partial charge is 0.497 e. The number of halogens is 1. The van der Waals surface area contributed by atoms with Crippen LogP contribution in [0.25, 0.3) is 23.0 Å². The van der Waals surface area contributed by atoms with Gasteiger partial charge in [0.05, 0.1) is 33.1 Å². The van der Waals surface area contributed by atoms with Gasteiger partial charge >= 0.3 is 0 Å². The molecule has 1 atom stereocenters. The number of ether oxygens (including phenoxy) is 3. The minimum atomic E-state index is -0.495. The topological polar surface area (TPSA) is 84.4 Å². The molecule has 2 aromatic heterocycles. The monoisotopic (exact) mass is 422 g/mol. The second-order valence-electron chi connectivity index (χ2n) is 7.05. The predicted molar refractivity (Wildman–Crippen MR) is 108 cm³/mol. The van der Waals surface area contributed by atoms with E-state index in [4.69, 9.17) is 18.7 Å². The van der Waals surface area contributed by atoms with Crippen molar-refractivity contribution in [1.29, 1.82) is 0 Å². The number of aromatic nitrogens is 4. The van der Waals surface area contributed by atoms with E-state index in [1.54, 1.807) is 13.2 Å². The molecule has 158 valence electrons. The van der Waals surface area contributed by atoms with Crippen molar-refractivity contribution < 1.29 is 23.1 Å². The van der Waals surface area contributed by atoms with E-state index in [0.717, 1.165) is 17.0 Å². The zero-order valence-electron chi connectivity index (χ0n) is 16.9. The van der Waals surface area contributed by atoms with Gasteiger partial charge in [0.1, 0.15) is 11.9 Å². The fourth-order valence-electron chi connectivity index (χ4n) is 3.50. The standard InChI is InChI=1S/C22H19FN4O4/c1-28-16-6-3-13(4-7-16)20-11-27-15(12-30-20)10-18(25-27)22-24-21(26-31-22)14-5-8-19(29-2)17(23)9-14/h3-10,20H,11-12H2,1-2H3/t20-/m1/s1. The fraction of sp³-hybridized carbons (Fsp3) is 0.227. The predicted octanol–water partition coefficient (Wildman–Crippen LogP) is 4.03. The van der Waals surface area contributed by atoms with Crippen molar-refractivity contribution in [2.24, 2.45) is 0 Å². The summed E-state index contributed by atoms with van der Waals surface area (Å²) in [6, 6.07) is 14.1. The van der Waals surface area contributed by atoms with Crippen molar-refractivity contribution in [2.75, 3.05) is 14.2 Å². The van der Waals surface area contributed by atoms with Gasteiger partial charge in [0.2, 0.25) is 5.82 Å². The number of fused-ring (bicyclic) bond motifs is 1. The van der Waals surface area contributed by atoms with Gasteiger partial charge in [-0.2, -0.15) is 10.1 Å². The van der Waals surface area contributed by atoms with Gasteiger partial charge in [-0.25, -0.2) is 4.39 Å². The van der Waals surface area contributed by atoms with Gasteiger partial charge in [-0.15, -0.1) is 0 Å². The highest BCUT2D eigenvalue weighted by Gasteiger charge is 2.24. The molecule has 0 amide bonds. The molecule has 4 aromatic rings. The van der Waals surface area contributed by atoms with Gasteiger partial charge in [-0.1, -0.05) is 17.3 Å². The van der Waals surface area contributed by atoms with E-state index in [1.165, 1.54) is 19.2 Å². The Morgan fingerprint density at radius 3 is 2.65 bits per heavy atom. The minimum absolute atomic E-state index is 0.119. The second-order valence-corrected chi connectivity index (χ2v) is 7.05. The number of hydrogen-bond donors (Lipinski definition) is 0. The van der Waals surface area contributed by atoms with Crippen molar-refractivity contribution in [3.63, 3.8) is 0 Å². The van der Waals surface area contributed by atoms with Gasteiger partial charge in [-0.05, 0) is 42.0 Å². The van der Waals surface area contributed by atoms with E-state index >= 15 is 0 Å². The highest BCUT2D eigenvalue weighted by molar-refractivity contribution is 5.59. The summed E-state index contributed by atoms with van der Waals surface area (Å²) in [5.41, 5.74) is 2.99. The van der Waals surface area contributed by atoms with E-state index in [-0.39, 0.29) is 23.6 Å². The second kappa shape index (κ2) is 7.84. The lowest BCUT2D eigenvalue weighted by atomic mass is 10.1. The van der Waals surface area contributed by atoms with Crippen molar-refractivity contribution in [2.45, 2.75) is 19.3 Å². The lowest BCUT2D eigenvalue weighted by Crippen LogP contribution is -2.21. The highest BCUT2D eigenvalue weighted by Crippen LogP contribution is 2.30. The number of rotatable bonds is 5. The van der Waals surface area contributed by atoms with Crippen LogP contribution in [-0.4, -0.2) is 34.1 Å². The molecular weight excluding hydrogens is 403 g/mol. The molecule has 31 heavy (non-hydrogen) atoms. The molecule has 0 unspecified atom stereocenters. The van der Waals surface area contributed by atoms with Crippen LogP contribution in [-0.2, 0) is 17.9 Å². The third-order valence-corrected chi connectivity index (χ3v) is 5.18. The summed E-state index contributed by atoms with van der Waals surface area (Å²) in [5, 5.41) is 8.56. The Labute approximate surface area is 177 Å². The molecule has 0 radical (unpaired) electrons. The van der Waals surface area contributed by atoms with Crippen LogP contribution in [0.4, 0.5) is 4.39 Å². The van der Waals surface area contributed by atoms with Crippen LogP contribution in [0.3, 0.4) is 0 Å². The number of hydrogen-bond acceptors (Lipinski definition) is 7. The molecule has 1 aliphatic heterocycles. The summed E-state index contributed by atoms with van der Waals surface area (Å²) in [5.74, 6) is 0.987. The van der Waals surface area contributed by atoms with Gasteiger partial charge in [-0.3, -0.25) is 4.68 Å². The summed E-state index contributed by atoms with van der Waals surface area (Å²) < 4.78 is 37.4. The Bertz CT molecular complexity index is 1220. The summed E-state index contributed by atoms with van der Waals surface area (Å²) >= 11 is 0.